The number of pyridine rings is 1. The molecule has 0 amide bonds. The smallest absolute Gasteiger partial charge is 0.145 e. The van der Waals surface area contributed by atoms with E-state index in [-0.39, 0.29) is 0 Å². The van der Waals surface area contributed by atoms with Crippen LogP contribution < -0.4 is 5.32 Å². The van der Waals surface area contributed by atoms with Crippen molar-refractivity contribution in [2.24, 2.45) is 0 Å². The zero-order chi connectivity index (χ0) is 13.4. The SMILES string of the molecule is CNc1ccc(-c2nc3ccc([76Br])nc3s2)cc1Cl. The normalized spacial score (nSPS) is 10.9. The molecule has 3 rings (SSSR count). The molecule has 0 aliphatic carbocycles. The summed E-state index contributed by atoms with van der Waals surface area (Å²) in [5.74, 6) is 0. The number of aromatic nitrogens is 2. The van der Waals surface area contributed by atoms with E-state index in [4.69, 9.17) is 11.6 Å². The maximum Gasteiger partial charge on any atom is 0.145 e. The second-order valence-corrected chi connectivity index (χ2v) is 6.12. The van der Waals surface area contributed by atoms with Crippen molar-refractivity contribution in [3.05, 3.63) is 40.0 Å². The first-order valence-electron chi connectivity index (χ1n) is 5.58. The van der Waals surface area contributed by atoms with Crippen molar-refractivity contribution in [2.45, 2.75) is 0 Å². The van der Waals surface area contributed by atoms with Gasteiger partial charge in [0.2, 0.25) is 0 Å². The minimum absolute atomic E-state index is 0.688. The Morgan fingerprint density at radius 2 is 2.05 bits per heavy atom. The van der Waals surface area contributed by atoms with Crippen LogP contribution in [0.2, 0.25) is 5.02 Å². The van der Waals surface area contributed by atoms with Crippen molar-refractivity contribution in [1.29, 1.82) is 0 Å². The van der Waals surface area contributed by atoms with E-state index in [9.17, 15) is 0 Å². The largest absolute Gasteiger partial charge is 0.387 e. The summed E-state index contributed by atoms with van der Waals surface area (Å²) in [6, 6.07) is 9.72. The maximum atomic E-state index is 6.19. The zero-order valence-electron chi connectivity index (χ0n) is 9.95. The maximum absolute atomic E-state index is 6.19. The van der Waals surface area contributed by atoms with Gasteiger partial charge in [-0.15, -0.1) is 0 Å². The first kappa shape index (κ1) is 12.8. The second-order valence-electron chi connectivity index (χ2n) is 3.92. The van der Waals surface area contributed by atoms with Crippen LogP contribution in [0.15, 0.2) is 34.9 Å². The Bertz CT molecular complexity index is 757. The van der Waals surface area contributed by atoms with Gasteiger partial charge in [0.25, 0.3) is 0 Å². The lowest BCUT2D eigenvalue weighted by molar-refractivity contribution is 1.36. The minimum Gasteiger partial charge on any atom is -0.387 e. The van der Waals surface area contributed by atoms with Crippen LogP contribution in [0, 0.1) is 0 Å². The van der Waals surface area contributed by atoms with E-state index < -0.39 is 0 Å². The van der Waals surface area contributed by atoms with Crippen LogP contribution in [0.4, 0.5) is 5.69 Å². The Morgan fingerprint density at radius 1 is 1.21 bits per heavy atom. The molecule has 0 saturated carbocycles. The van der Waals surface area contributed by atoms with Gasteiger partial charge in [0.1, 0.15) is 20.0 Å². The number of hydrogen-bond donors (Lipinski definition) is 1. The average molecular weight is 351 g/mol. The predicted octanol–water partition coefficient (Wildman–Crippen LogP) is 4.82. The number of fused-ring (bicyclic) bond motifs is 1. The lowest BCUT2D eigenvalue weighted by Gasteiger charge is -2.04. The van der Waals surface area contributed by atoms with Crippen molar-refractivity contribution in [3.63, 3.8) is 0 Å². The molecule has 1 aromatic carbocycles. The third kappa shape index (κ3) is 2.45. The van der Waals surface area contributed by atoms with E-state index in [1.165, 1.54) is 0 Å². The lowest BCUT2D eigenvalue weighted by Crippen LogP contribution is -1.88. The van der Waals surface area contributed by atoms with Crippen LogP contribution in [0.25, 0.3) is 20.9 Å². The summed E-state index contributed by atoms with van der Waals surface area (Å²) in [4.78, 5) is 9.90. The summed E-state index contributed by atoms with van der Waals surface area (Å²) < 4.78 is 0.818. The fourth-order valence-electron chi connectivity index (χ4n) is 1.77. The molecular formula is C13H9BrClN3S. The van der Waals surface area contributed by atoms with Crippen LogP contribution in [0.3, 0.4) is 0 Å². The summed E-state index contributed by atoms with van der Waals surface area (Å²) in [5.41, 5.74) is 2.81. The molecule has 0 aliphatic rings. The van der Waals surface area contributed by atoms with Crippen molar-refractivity contribution in [2.75, 3.05) is 12.4 Å². The topological polar surface area (TPSA) is 37.8 Å². The van der Waals surface area contributed by atoms with Gasteiger partial charge in [-0.05, 0) is 46.3 Å². The van der Waals surface area contributed by atoms with Gasteiger partial charge in [-0.3, -0.25) is 0 Å². The van der Waals surface area contributed by atoms with Crippen molar-refractivity contribution < 1.29 is 0 Å². The van der Waals surface area contributed by atoms with Crippen LogP contribution >= 0.6 is 38.9 Å². The van der Waals surface area contributed by atoms with Gasteiger partial charge in [0, 0.05) is 12.6 Å². The highest BCUT2D eigenvalue weighted by molar-refractivity contribution is 9.10. The van der Waals surface area contributed by atoms with E-state index in [0.717, 1.165) is 31.2 Å². The quantitative estimate of drug-likeness (QED) is 0.674. The number of anilines is 1. The molecule has 0 saturated heterocycles. The fraction of sp³-hybridized carbons (Fsp3) is 0.0769. The summed E-state index contributed by atoms with van der Waals surface area (Å²) in [6.07, 6.45) is 0. The van der Waals surface area contributed by atoms with Gasteiger partial charge < -0.3 is 5.32 Å². The van der Waals surface area contributed by atoms with Gasteiger partial charge in [0.15, 0.2) is 0 Å². The molecule has 0 spiro atoms. The first-order chi connectivity index (χ1) is 9.17. The predicted molar refractivity (Wildman–Crippen MR) is 85.1 cm³/mol. The van der Waals surface area contributed by atoms with Crippen molar-refractivity contribution in [1.82, 2.24) is 9.97 Å². The number of rotatable bonds is 2. The number of nitrogens with one attached hydrogen (secondary N) is 1. The van der Waals surface area contributed by atoms with Gasteiger partial charge >= 0.3 is 0 Å². The molecule has 3 nitrogen and oxygen atoms in total. The Balaban J connectivity index is 2.11. The van der Waals surface area contributed by atoms with E-state index in [0.29, 0.717) is 5.02 Å². The molecule has 0 unspecified atom stereocenters. The highest BCUT2D eigenvalue weighted by atomic mass is 75.9. The van der Waals surface area contributed by atoms with Crippen molar-refractivity contribution >= 4 is 54.9 Å². The Hall–Kier alpha value is -1.17. The second kappa shape index (κ2) is 5.07. The summed E-state index contributed by atoms with van der Waals surface area (Å²) >= 11 is 11.1. The molecule has 0 radical (unpaired) electrons. The molecule has 6 heteroatoms. The number of halogens is 2. The van der Waals surface area contributed by atoms with Crippen LogP contribution in [-0.2, 0) is 0 Å². The van der Waals surface area contributed by atoms with Gasteiger partial charge in [0.05, 0.1) is 10.7 Å². The minimum atomic E-state index is 0.688. The van der Waals surface area contributed by atoms with Gasteiger partial charge in [-0.25, -0.2) is 9.97 Å². The highest BCUT2D eigenvalue weighted by Gasteiger charge is 2.09. The molecule has 0 fully saturated rings. The zero-order valence-corrected chi connectivity index (χ0v) is 13.1. The van der Waals surface area contributed by atoms with E-state index in [2.05, 4.69) is 31.2 Å². The summed E-state index contributed by atoms with van der Waals surface area (Å²) in [5, 5.41) is 4.65. The fourth-order valence-corrected chi connectivity index (χ4v) is 3.40. The molecule has 0 atom stereocenters. The molecular weight excluding hydrogens is 342 g/mol. The molecule has 3 aromatic rings. The van der Waals surface area contributed by atoms with Crippen molar-refractivity contribution in [3.8, 4) is 10.6 Å². The molecule has 2 aromatic heterocycles. The third-order valence-corrected chi connectivity index (χ3v) is 4.48. The molecule has 19 heavy (non-hydrogen) atoms. The van der Waals surface area contributed by atoms with Crippen LogP contribution in [0.1, 0.15) is 0 Å². The van der Waals surface area contributed by atoms with Crippen LogP contribution in [0.5, 0.6) is 0 Å². The van der Waals surface area contributed by atoms with Crippen LogP contribution in [-0.4, -0.2) is 17.0 Å². The third-order valence-electron chi connectivity index (χ3n) is 2.71. The number of hydrogen-bond acceptors (Lipinski definition) is 4. The number of benzene rings is 1. The Morgan fingerprint density at radius 3 is 2.79 bits per heavy atom. The number of thiazole rings is 1. The standard InChI is InChI=1S/C13H9BrClN3S/c1-16-9-3-2-7(6-8(9)15)12-17-10-4-5-11(14)18-13(10)19-12/h2-6,16H,1H3/i14-4. The lowest BCUT2D eigenvalue weighted by atomic mass is 10.2. The molecule has 96 valence electrons. The van der Waals surface area contributed by atoms with E-state index >= 15 is 0 Å². The highest BCUT2D eigenvalue weighted by Crippen LogP contribution is 2.33. The monoisotopic (exact) mass is 350 g/mol. The Kier molecular flexibility index (Phi) is 3.43. The number of nitrogens with zero attached hydrogens (tertiary/aromatic N) is 2. The van der Waals surface area contributed by atoms with E-state index in [1.54, 1.807) is 11.3 Å². The summed E-state index contributed by atoms with van der Waals surface area (Å²) in [7, 11) is 1.85. The van der Waals surface area contributed by atoms with Gasteiger partial charge in [-0.1, -0.05) is 22.9 Å². The molecule has 0 bridgehead atoms. The molecule has 0 aliphatic heterocycles. The first-order valence-corrected chi connectivity index (χ1v) is 7.57. The summed E-state index contributed by atoms with van der Waals surface area (Å²) in [6.45, 7) is 0. The Labute approximate surface area is 127 Å². The van der Waals surface area contributed by atoms with Gasteiger partial charge in [-0.2, -0.15) is 0 Å². The molecule has 2 heterocycles. The molecule has 1 N–H and O–H groups in total. The van der Waals surface area contributed by atoms with E-state index in [1.807, 2.05) is 37.4 Å². The average Bonchev–Trinajstić information content (AvgIpc) is 2.81.